The Balaban J connectivity index is 2.31. The Bertz CT molecular complexity index is 629. The van der Waals surface area contributed by atoms with E-state index in [-0.39, 0.29) is 4.99 Å². The second kappa shape index (κ2) is 6.34. The molecule has 2 aromatic rings. The normalized spacial score (nSPS) is 10.1. The Kier molecular flexibility index (Phi) is 4.53. The molecule has 0 saturated carbocycles. The summed E-state index contributed by atoms with van der Waals surface area (Å²) in [6.07, 6.45) is 0. The van der Waals surface area contributed by atoms with Crippen LogP contribution >= 0.6 is 12.2 Å². The fourth-order valence-corrected chi connectivity index (χ4v) is 1.86. The van der Waals surface area contributed by atoms with Crippen LogP contribution in [-0.2, 0) is 0 Å². The molecule has 1 aromatic carbocycles. The molecule has 0 saturated heterocycles. The van der Waals surface area contributed by atoms with Crippen molar-refractivity contribution in [1.82, 2.24) is 4.98 Å². The van der Waals surface area contributed by atoms with Crippen molar-refractivity contribution in [3.05, 3.63) is 47.7 Å². The summed E-state index contributed by atoms with van der Waals surface area (Å²) in [5.41, 5.74) is 7.13. The van der Waals surface area contributed by atoms with Crippen LogP contribution in [0.2, 0.25) is 0 Å². The molecule has 0 aliphatic carbocycles. The number of thiocarbonyl (C=S) groups is 1. The van der Waals surface area contributed by atoms with Gasteiger partial charge in [-0.15, -0.1) is 0 Å². The predicted octanol–water partition coefficient (Wildman–Crippen LogP) is 3.22. The van der Waals surface area contributed by atoms with Gasteiger partial charge in [0.1, 0.15) is 16.5 Å². The summed E-state index contributed by atoms with van der Waals surface area (Å²) in [6, 6.07) is 11.0. The molecule has 0 spiro atoms. The van der Waals surface area contributed by atoms with Crippen LogP contribution in [0.25, 0.3) is 0 Å². The van der Waals surface area contributed by atoms with Gasteiger partial charge in [-0.1, -0.05) is 18.3 Å². The smallest absolute Gasteiger partial charge is 0.229 e. The van der Waals surface area contributed by atoms with Crippen LogP contribution < -0.4 is 15.2 Å². The van der Waals surface area contributed by atoms with E-state index in [2.05, 4.69) is 4.98 Å². The van der Waals surface area contributed by atoms with Gasteiger partial charge < -0.3 is 15.2 Å². The van der Waals surface area contributed by atoms with Crippen molar-refractivity contribution in [3.8, 4) is 17.4 Å². The first-order valence-corrected chi connectivity index (χ1v) is 6.69. The van der Waals surface area contributed by atoms with Crippen LogP contribution in [0.3, 0.4) is 0 Å². The van der Waals surface area contributed by atoms with Gasteiger partial charge in [-0.25, -0.2) is 4.98 Å². The maximum Gasteiger partial charge on any atom is 0.229 e. The minimum Gasteiger partial charge on any atom is -0.494 e. The monoisotopic (exact) mass is 288 g/mol. The van der Waals surface area contributed by atoms with E-state index in [0.29, 0.717) is 23.8 Å². The average Bonchev–Trinajstić information content (AvgIpc) is 2.39. The molecule has 0 bridgehead atoms. The van der Waals surface area contributed by atoms with E-state index < -0.39 is 0 Å². The summed E-state index contributed by atoms with van der Waals surface area (Å²) in [7, 11) is 0. The van der Waals surface area contributed by atoms with E-state index in [9.17, 15) is 0 Å². The van der Waals surface area contributed by atoms with Gasteiger partial charge >= 0.3 is 0 Å². The molecular weight excluding hydrogens is 272 g/mol. The lowest BCUT2D eigenvalue weighted by molar-refractivity contribution is 0.338. The van der Waals surface area contributed by atoms with Gasteiger partial charge in [0.2, 0.25) is 5.88 Å². The fourth-order valence-electron chi connectivity index (χ4n) is 1.70. The van der Waals surface area contributed by atoms with Gasteiger partial charge in [0.25, 0.3) is 0 Å². The minimum atomic E-state index is 0.258. The van der Waals surface area contributed by atoms with Crippen molar-refractivity contribution < 1.29 is 9.47 Å². The van der Waals surface area contributed by atoms with Crippen molar-refractivity contribution in [2.24, 2.45) is 5.73 Å². The molecule has 0 unspecified atom stereocenters. The van der Waals surface area contributed by atoms with E-state index in [1.165, 1.54) is 0 Å². The maximum absolute atomic E-state index is 5.78. The Labute approximate surface area is 123 Å². The number of aromatic nitrogens is 1. The molecule has 0 amide bonds. The summed E-state index contributed by atoms with van der Waals surface area (Å²) >= 11 is 5.01. The van der Waals surface area contributed by atoms with Crippen LogP contribution in [0.4, 0.5) is 0 Å². The third-order valence-electron chi connectivity index (χ3n) is 2.60. The second-order valence-corrected chi connectivity index (χ2v) is 4.62. The summed E-state index contributed by atoms with van der Waals surface area (Å²) in [6.45, 7) is 4.41. The zero-order valence-corrected chi connectivity index (χ0v) is 12.2. The predicted molar refractivity (Wildman–Crippen MR) is 82.5 cm³/mol. The van der Waals surface area contributed by atoms with Gasteiger partial charge in [0.15, 0.2) is 0 Å². The lowest BCUT2D eigenvalue weighted by Gasteiger charge is -2.11. The molecule has 104 valence electrons. The number of nitrogens with two attached hydrogens (primary N) is 1. The highest BCUT2D eigenvalue weighted by Gasteiger charge is 2.10. The third-order valence-corrected chi connectivity index (χ3v) is 2.82. The number of pyridine rings is 1. The van der Waals surface area contributed by atoms with E-state index >= 15 is 0 Å². The molecule has 5 heteroatoms. The molecule has 0 fully saturated rings. The Morgan fingerprint density at radius 2 is 2.00 bits per heavy atom. The Hall–Kier alpha value is -2.14. The number of benzene rings is 1. The number of rotatable bonds is 5. The number of hydrogen-bond donors (Lipinski definition) is 1. The van der Waals surface area contributed by atoms with Crippen LogP contribution in [-0.4, -0.2) is 16.6 Å². The van der Waals surface area contributed by atoms with E-state index in [4.69, 9.17) is 27.4 Å². The third kappa shape index (κ3) is 3.45. The van der Waals surface area contributed by atoms with Crippen LogP contribution in [0.15, 0.2) is 36.4 Å². The zero-order chi connectivity index (χ0) is 14.5. The first-order chi connectivity index (χ1) is 9.60. The number of nitrogens with zero attached hydrogens (tertiary/aromatic N) is 1. The summed E-state index contributed by atoms with van der Waals surface area (Å²) in [5.74, 6) is 1.78. The van der Waals surface area contributed by atoms with E-state index in [0.717, 1.165) is 11.4 Å². The van der Waals surface area contributed by atoms with Crippen molar-refractivity contribution in [2.75, 3.05) is 6.61 Å². The Morgan fingerprint density at radius 1 is 1.25 bits per heavy atom. The van der Waals surface area contributed by atoms with Crippen molar-refractivity contribution >= 4 is 17.2 Å². The topological polar surface area (TPSA) is 57.4 Å². The molecule has 1 heterocycles. The van der Waals surface area contributed by atoms with Gasteiger partial charge in [0.05, 0.1) is 12.2 Å². The molecular formula is C15H16N2O2S. The zero-order valence-electron chi connectivity index (χ0n) is 11.4. The molecule has 2 N–H and O–H groups in total. The van der Waals surface area contributed by atoms with Crippen LogP contribution in [0, 0.1) is 6.92 Å². The fraction of sp³-hybridized carbons (Fsp3) is 0.200. The highest BCUT2D eigenvalue weighted by Crippen LogP contribution is 2.26. The van der Waals surface area contributed by atoms with E-state index in [1.54, 1.807) is 6.07 Å². The largest absolute Gasteiger partial charge is 0.494 e. The number of aryl methyl sites for hydroxylation is 1. The van der Waals surface area contributed by atoms with Crippen LogP contribution in [0.1, 0.15) is 18.2 Å². The van der Waals surface area contributed by atoms with Gasteiger partial charge in [-0.2, -0.15) is 0 Å². The Morgan fingerprint density at radius 3 is 2.70 bits per heavy atom. The number of hydrogen-bond acceptors (Lipinski definition) is 4. The van der Waals surface area contributed by atoms with E-state index in [1.807, 2.05) is 44.2 Å². The average molecular weight is 288 g/mol. The number of ether oxygens (including phenoxy) is 2. The molecule has 20 heavy (non-hydrogen) atoms. The van der Waals surface area contributed by atoms with Gasteiger partial charge in [-0.05, 0) is 38.1 Å². The molecule has 1 aromatic heterocycles. The SMILES string of the molecule is CCOc1cccc(Oc2nc(C)ccc2C(N)=S)c1. The lowest BCUT2D eigenvalue weighted by Crippen LogP contribution is -2.12. The standard InChI is InChI=1S/C15H16N2O2S/c1-3-18-11-5-4-6-12(9-11)19-15-13(14(16)20)8-7-10(2)17-15/h4-9H,3H2,1-2H3,(H2,16,20). The second-order valence-electron chi connectivity index (χ2n) is 4.18. The van der Waals surface area contributed by atoms with Crippen LogP contribution in [0.5, 0.6) is 17.4 Å². The summed E-state index contributed by atoms with van der Waals surface area (Å²) in [4.78, 5) is 4.59. The van der Waals surface area contributed by atoms with Crippen molar-refractivity contribution in [3.63, 3.8) is 0 Å². The maximum atomic E-state index is 5.78. The first kappa shape index (κ1) is 14.3. The van der Waals surface area contributed by atoms with Crippen molar-refractivity contribution in [2.45, 2.75) is 13.8 Å². The molecule has 0 radical (unpaired) electrons. The lowest BCUT2D eigenvalue weighted by atomic mass is 10.2. The van der Waals surface area contributed by atoms with Gasteiger partial charge in [-0.3, -0.25) is 0 Å². The molecule has 0 atom stereocenters. The molecule has 4 nitrogen and oxygen atoms in total. The van der Waals surface area contributed by atoms with Gasteiger partial charge in [0, 0.05) is 11.8 Å². The molecule has 0 aliphatic heterocycles. The minimum absolute atomic E-state index is 0.258. The van der Waals surface area contributed by atoms with Crippen molar-refractivity contribution in [1.29, 1.82) is 0 Å². The highest BCUT2D eigenvalue weighted by atomic mass is 32.1. The highest BCUT2D eigenvalue weighted by molar-refractivity contribution is 7.80. The summed E-state index contributed by atoms with van der Waals surface area (Å²) in [5, 5.41) is 0. The molecule has 2 rings (SSSR count). The first-order valence-electron chi connectivity index (χ1n) is 6.28. The summed E-state index contributed by atoms with van der Waals surface area (Å²) < 4.78 is 11.2. The molecule has 0 aliphatic rings. The quantitative estimate of drug-likeness (QED) is 0.856.